The van der Waals surface area contributed by atoms with Gasteiger partial charge in [-0.3, -0.25) is 19.6 Å². The summed E-state index contributed by atoms with van der Waals surface area (Å²) in [5, 5.41) is 0. The Kier molecular flexibility index (Phi) is 6.25. The van der Waals surface area contributed by atoms with Gasteiger partial charge < -0.3 is 4.90 Å². The van der Waals surface area contributed by atoms with Crippen LogP contribution in [0.3, 0.4) is 0 Å². The lowest BCUT2D eigenvalue weighted by atomic mass is 9.99. The molecular weight excluding hydrogens is 505 g/mol. The molecule has 5 nitrogen and oxygen atoms in total. The molecule has 1 amide bonds. The monoisotopic (exact) mass is 526 g/mol. The van der Waals surface area contributed by atoms with Gasteiger partial charge in [0.15, 0.2) is 0 Å². The van der Waals surface area contributed by atoms with E-state index >= 15 is 0 Å². The van der Waals surface area contributed by atoms with E-state index in [1.54, 1.807) is 6.07 Å². The van der Waals surface area contributed by atoms with Crippen LogP contribution in [-0.2, 0) is 30.2 Å². The van der Waals surface area contributed by atoms with Crippen molar-refractivity contribution in [3.63, 3.8) is 0 Å². The summed E-state index contributed by atoms with van der Waals surface area (Å²) < 4.78 is 92.3. The zero-order valence-corrected chi connectivity index (χ0v) is 19.3. The second-order valence-electron chi connectivity index (χ2n) is 9.12. The standard InChI is InChI=1S/C25H21F7N4O/c26-20-11-16(4-5-19(20)25(30,31)32)13-36-22(37)18-14-34(8-6-21(18)35-9-7-33-23(35)36)12-15-2-1-3-17(10-15)24(27,28)29/h1-5,10-11H,6-9,12-14H2. The molecule has 0 saturated heterocycles. The first kappa shape index (κ1) is 25.2. The first-order valence-corrected chi connectivity index (χ1v) is 11.5. The van der Waals surface area contributed by atoms with E-state index in [0.29, 0.717) is 49.2 Å². The lowest BCUT2D eigenvalue weighted by Crippen LogP contribution is -2.53. The Hall–Kier alpha value is -3.41. The van der Waals surface area contributed by atoms with E-state index in [-0.39, 0.29) is 25.2 Å². The lowest BCUT2D eigenvalue weighted by Gasteiger charge is -2.42. The van der Waals surface area contributed by atoms with Crippen LogP contribution in [0.1, 0.15) is 28.7 Å². The molecule has 2 aromatic rings. The Morgan fingerprint density at radius 2 is 1.65 bits per heavy atom. The van der Waals surface area contributed by atoms with E-state index in [4.69, 9.17) is 0 Å². The van der Waals surface area contributed by atoms with Crippen LogP contribution in [0.2, 0.25) is 0 Å². The molecule has 0 bridgehead atoms. The van der Waals surface area contributed by atoms with E-state index in [0.717, 1.165) is 30.0 Å². The van der Waals surface area contributed by atoms with Gasteiger partial charge in [0, 0.05) is 38.3 Å². The molecule has 3 aliphatic heterocycles. The molecule has 0 unspecified atom stereocenters. The van der Waals surface area contributed by atoms with Gasteiger partial charge in [-0.25, -0.2) is 4.39 Å². The number of aliphatic imine (C=N–C) groups is 1. The highest BCUT2D eigenvalue weighted by atomic mass is 19.4. The van der Waals surface area contributed by atoms with Gasteiger partial charge in [-0.1, -0.05) is 24.3 Å². The third kappa shape index (κ3) is 4.94. The van der Waals surface area contributed by atoms with Gasteiger partial charge in [-0.15, -0.1) is 0 Å². The molecule has 0 fully saturated rings. The van der Waals surface area contributed by atoms with Crippen molar-refractivity contribution in [2.24, 2.45) is 4.99 Å². The summed E-state index contributed by atoms with van der Waals surface area (Å²) in [7, 11) is 0. The minimum atomic E-state index is -4.83. The number of fused-ring (bicyclic) bond motifs is 2. The summed E-state index contributed by atoms with van der Waals surface area (Å²) in [6.45, 7) is 1.69. The number of carbonyl (C=O) groups excluding carboxylic acids is 1. The first-order valence-electron chi connectivity index (χ1n) is 11.5. The Balaban J connectivity index is 1.37. The second-order valence-corrected chi connectivity index (χ2v) is 9.12. The van der Waals surface area contributed by atoms with Crippen molar-refractivity contribution in [3.05, 3.63) is 81.8 Å². The molecule has 0 atom stereocenters. The molecular formula is C25H21F7N4O. The molecule has 12 heteroatoms. The molecule has 2 aromatic carbocycles. The summed E-state index contributed by atoms with van der Waals surface area (Å²) in [4.78, 5) is 23.0. The topological polar surface area (TPSA) is 39.2 Å². The maximum atomic E-state index is 14.1. The fourth-order valence-electron chi connectivity index (χ4n) is 4.92. The highest BCUT2D eigenvalue weighted by Crippen LogP contribution is 2.35. The van der Waals surface area contributed by atoms with E-state index in [1.165, 1.54) is 11.0 Å². The SMILES string of the molecule is O=C1C2=C(CCN(Cc3cccc(C(F)(F)F)c3)C2)N2CCN=C2N1Cc1ccc(C(F)(F)F)c(F)c1. The third-order valence-corrected chi connectivity index (χ3v) is 6.62. The summed E-state index contributed by atoms with van der Waals surface area (Å²) in [6, 6.07) is 7.57. The number of halogens is 7. The minimum absolute atomic E-state index is 0.173. The fourth-order valence-corrected chi connectivity index (χ4v) is 4.92. The van der Waals surface area contributed by atoms with Crippen LogP contribution in [0.4, 0.5) is 30.7 Å². The number of rotatable bonds is 4. The number of carbonyl (C=O) groups is 1. The minimum Gasteiger partial charge on any atom is -0.314 e. The molecule has 0 N–H and O–H groups in total. The number of alkyl halides is 6. The molecule has 0 radical (unpaired) electrons. The Bertz CT molecular complexity index is 1300. The second kappa shape index (κ2) is 9.16. The van der Waals surface area contributed by atoms with Gasteiger partial charge in [-0.05, 0) is 29.3 Å². The van der Waals surface area contributed by atoms with E-state index in [9.17, 15) is 35.5 Å². The van der Waals surface area contributed by atoms with Crippen LogP contribution in [0.5, 0.6) is 0 Å². The maximum absolute atomic E-state index is 14.1. The van der Waals surface area contributed by atoms with Crippen LogP contribution in [0.25, 0.3) is 0 Å². The Labute approximate surface area is 207 Å². The molecule has 5 rings (SSSR count). The summed E-state index contributed by atoms with van der Waals surface area (Å²) in [6.07, 6.45) is -8.81. The molecule has 3 aliphatic rings. The Morgan fingerprint density at radius 1 is 0.892 bits per heavy atom. The van der Waals surface area contributed by atoms with Crippen molar-refractivity contribution in [1.82, 2.24) is 14.7 Å². The van der Waals surface area contributed by atoms with Crippen LogP contribution in [-0.4, -0.2) is 52.7 Å². The van der Waals surface area contributed by atoms with Crippen molar-refractivity contribution < 1.29 is 35.5 Å². The van der Waals surface area contributed by atoms with Gasteiger partial charge in [0.05, 0.1) is 29.8 Å². The highest BCUT2D eigenvalue weighted by Gasteiger charge is 2.41. The predicted molar refractivity (Wildman–Crippen MR) is 119 cm³/mol. The molecule has 3 heterocycles. The van der Waals surface area contributed by atoms with Gasteiger partial charge in [0.1, 0.15) is 5.82 Å². The lowest BCUT2D eigenvalue weighted by molar-refractivity contribution is -0.140. The average molecular weight is 526 g/mol. The molecule has 37 heavy (non-hydrogen) atoms. The van der Waals surface area contributed by atoms with Crippen LogP contribution < -0.4 is 0 Å². The predicted octanol–water partition coefficient (Wildman–Crippen LogP) is 5.04. The zero-order chi connectivity index (χ0) is 26.5. The molecule has 0 saturated carbocycles. The number of guanidine groups is 1. The molecule has 0 aliphatic carbocycles. The van der Waals surface area contributed by atoms with E-state index < -0.39 is 35.2 Å². The smallest absolute Gasteiger partial charge is 0.314 e. The normalized spacial score (nSPS) is 18.8. The van der Waals surface area contributed by atoms with Gasteiger partial charge in [-0.2, -0.15) is 26.3 Å². The van der Waals surface area contributed by atoms with Crippen molar-refractivity contribution >= 4 is 11.9 Å². The Morgan fingerprint density at radius 3 is 2.35 bits per heavy atom. The van der Waals surface area contributed by atoms with Crippen molar-refractivity contribution in [3.8, 4) is 0 Å². The third-order valence-electron chi connectivity index (χ3n) is 6.62. The van der Waals surface area contributed by atoms with Crippen LogP contribution in [0, 0.1) is 5.82 Å². The van der Waals surface area contributed by atoms with Crippen LogP contribution >= 0.6 is 0 Å². The fraction of sp³-hybridized carbons (Fsp3) is 0.360. The maximum Gasteiger partial charge on any atom is 0.419 e. The average Bonchev–Trinajstić information content (AvgIpc) is 3.30. The van der Waals surface area contributed by atoms with Gasteiger partial charge >= 0.3 is 12.4 Å². The molecule has 0 aromatic heterocycles. The molecule has 0 spiro atoms. The van der Waals surface area contributed by atoms with E-state index in [1.807, 2.05) is 9.80 Å². The van der Waals surface area contributed by atoms with Gasteiger partial charge in [0.25, 0.3) is 5.91 Å². The summed E-state index contributed by atoms with van der Waals surface area (Å²) in [5.74, 6) is -1.46. The summed E-state index contributed by atoms with van der Waals surface area (Å²) in [5.41, 5.74) is -0.258. The molecule has 196 valence electrons. The van der Waals surface area contributed by atoms with Gasteiger partial charge in [0.2, 0.25) is 5.96 Å². The number of hydrogen-bond donors (Lipinski definition) is 0. The number of amides is 1. The van der Waals surface area contributed by atoms with Crippen molar-refractivity contribution in [2.75, 3.05) is 26.2 Å². The largest absolute Gasteiger partial charge is 0.419 e. The van der Waals surface area contributed by atoms with Crippen LogP contribution in [0.15, 0.2) is 58.7 Å². The van der Waals surface area contributed by atoms with E-state index in [2.05, 4.69) is 4.99 Å². The highest BCUT2D eigenvalue weighted by molar-refractivity contribution is 6.09. The number of benzene rings is 2. The van der Waals surface area contributed by atoms with Crippen molar-refractivity contribution in [1.29, 1.82) is 0 Å². The van der Waals surface area contributed by atoms with Crippen molar-refractivity contribution in [2.45, 2.75) is 31.9 Å². The number of nitrogens with zero attached hydrogens (tertiary/aromatic N) is 4. The first-order chi connectivity index (χ1) is 17.4. The zero-order valence-electron chi connectivity index (χ0n) is 19.3. The quantitative estimate of drug-likeness (QED) is 0.525. The number of hydrogen-bond acceptors (Lipinski definition) is 4. The summed E-state index contributed by atoms with van der Waals surface area (Å²) >= 11 is 0.